The summed E-state index contributed by atoms with van der Waals surface area (Å²) in [5.41, 5.74) is 2.18. The molecule has 1 aliphatic rings. The number of carbonyl (C=O) groups is 2. The minimum absolute atomic E-state index is 0.262. The van der Waals surface area contributed by atoms with Crippen LogP contribution in [0.3, 0.4) is 0 Å². The number of carbonyl (C=O) groups excluding carboxylic acids is 2. The van der Waals surface area contributed by atoms with Crippen molar-refractivity contribution in [1.29, 1.82) is 0 Å². The second-order valence-electron chi connectivity index (χ2n) is 6.02. The van der Waals surface area contributed by atoms with Crippen molar-refractivity contribution in [2.24, 2.45) is 0 Å². The molecule has 2 N–H and O–H groups in total. The van der Waals surface area contributed by atoms with Gasteiger partial charge in [0.05, 0.1) is 17.4 Å². The van der Waals surface area contributed by atoms with E-state index in [0.29, 0.717) is 30.6 Å². The predicted octanol–water partition coefficient (Wildman–Crippen LogP) is 2.09. The number of anilines is 1. The van der Waals surface area contributed by atoms with Crippen LogP contribution >= 0.6 is 0 Å². The van der Waals surface area contributed by atoms with E-state index in [-0.39, 0.29) is 17.5 Å². The fourth-order valence-electron chi connectivity index (χ4n) is 2.89. The minimum Gasteiger partial charge on any atom is -0.340 e. The molecule has 2 heterocycles. The van der Waals surface area contributed by atoms with Crippen LogP contribution in [0.2, 0.25) is 0 Å². The monoisotopic (exact) mass is 330 g/mol. The van der Waals surface area contributed by atoms with Gasteiger partial charge in [-0.05, 0) is 44.4 Å². The Morgan fingerprint density at radius 2 is 2.21 bits per heavy atom. The molecule has 24 heavy (non-hydrogen) atoms. The number of halogens is 1. The van der Waals surface area contributed by atoms with Crippen LogP contribution in [0.15, 0.2) is 24.4 Å². The molecule has 126 valence electrons. The average molecular weight is 330 g/mol. The van der Waals surface area contributed by atoms with E-state index in [1.165, 1.54) is 17.2 Å². The van der Waals surface area contributed by atoms with E-state index < -0.39 is 11.9 Å². The first-order chi connectivity index (χ1) is 11.5. The van der Waals surface area contributed by atoms with Gasteiger partial charge in [0.1, 0.15) is 11.9 Å². The Hall–Kier alpha value is -2.70. The first-order valence-electron chi connectivity index (χ1n) is 7.85. The number of benzene rings is 1. The molecule has 1 aromatic heterocycles. The van der Waals surface area contributed by atoms with Crippen LogP contribution < -0.4 is 10.2 Å². The number of nitrogens with zero attached hydrogens (tertiary/aromatic N) is 2. The second kappa shape index (κ2) is 6.43. The molecule has 3 rings (SSSR count). The standard InChI is InChI=1S/C17H19FN4O2/c1-10-5-6-13(18)15(8-10)22-7-3-4-14(17(22)24)20-16(23)12-9-19-21-11(12)2/h5-6,8-9,14H,3-4,7H2,1-2H3,(H,19,21)(H,20,23)/t14-/m0/s1. The summed E-state index contributed by atoms with van der Waals surface area (Å²) in [7, 11) is 0. The number of hydrogen-bond donors (Lipinski definition) is 2. The Morgan fingerprint density at radius 3 is 2.92 bits per heavy atom. The van der Waals surface area contributed by atoms with Gasteiger partial charge in [0, 0.05) is 12.2 Å². The Labute approximate surface area is 139 Å². The highest BCUT2D eigenvalue weighted by atomic mass is 19.1. The van der Waals surface area contributed by atoms with Gasteiger partial charge in [-0.15, -0.1) is 0 Å². The van der Waals surface area contributed by atoms with Crippen molar-refractivity contribution in [3.63, 3.8) is 0 Å². The van der Waals surface area contributed by atoms with Gasteiger partial charge in [-0.2, -0.15) is 5.10 Å². The summed E-state index contributed by atoms with van der Waals surface area (Å²) in [4.78, 5) is 26.4. The van der Waals surface area contributed by atoms with E-state index in [2.05, 4.69) is 15.5 Å². The molecule has 0 aliphatic carbocycles. The molecule has 0 saturated carbocycles. The summed E-state index contributed by atoms with van der Waals surface area (Å²) < 4.78 is 14.1. The maximum Gasteiger partial charge on any atom is 0.255 e. The lowest BCUT2D eigenvalue weighted by atomic mass is 10.0. The van der Waals surface area contributed by atoms with Crippen molar-refractivity contribution in [1.82, 2.24) is 15.5 Å². The highest BCUT2D eigenvalue weighted by Gasteiger charge is 2.32. The van der Waals surface area contributed by atoms with Gasteiger partial charge < -0.3 is 10.2 Å². The zero-order valence-corrected chi connectivity index (χ0v) is 13.6. The zero-order chi connectivity index (χ0) is 17.3. The molecule has 6 nitrogen and oxygen atoms in total. The summed E-state index contributed by atoms with van der Waals surface area (Å²) in [6.45, 7) is 4.02. The maximum absolute atomic E-state index is 14.1. The quantitative estimate of drug-likeness (QED) is 0.904. The molecule has 1 aliphatic heterocycles. The van der Waals surface area contributed by atoms with E-state index >= 15 is 0 Å². The van der Waals surface area contributed by atoms with Crippen LogP contribution in [-0.2, 0) is 4.79 Å². The number of hydrogen-bond acceptors (Lipinski definition) is 3. The Balaban J connectivity index is 1.79. The summed E-state index contributed by atoms with van der Waals surface area (Å²) in [5, 5.41) is 9.23. The molecule has 2 amide bonds. The molecule has 7 heteroatoms. The largest absolute Gasteiger partial charge is 0.340 e. The van der Waals surface area contributed by atoms with Crippen molar-refractivity contribution in [3.8, 4) is 0 Å². The minimum atomic E-state index is -0.666. The highest BCUT2D eigenvalue weighted by molar-refractivity contribution is 6.03. The predicted molar refractivity (Wildman–Crippen MR) is 87.3 cm³/mol. The van der Waals surface area contributed by atoms with E-state index in [1.54, 1.807) is 19.1 Å². The van der Waals surface area contributed by atoms with Gasteiger partial charge in [0.25, 0.3) is 5.91 Å². The van der Waals surface area contributed by atoms with Crippen LogP contribution in [-0.4, -0.2) is 34.6 Å². The highest BCUT2D eigenvalue weighted by Crippen LogP contribution is 2.25. The van der Waals surface area contributed by atoms with Crippen LogP contribution in [0.1, 0.15) is 34.5 Å². The third-order valence-corrected chi connectivity index (χ3v) is 4.21. The van der Waals surface area contributed by atoms with Gasteiger partial charge >= 0.3 is 0 Å². The fourth-order valence-corrected chi connectivity index (χ4v) is 2.89. The third kappa shape index (κ3) is 3.02. The molecule has 1 aromatic carbocycles. The van der Waals surface area contributed by atoms with Crippen molar-refractivity contribution in [2.75, 3.05) is 11.4 Å². The zero-order valence-electron chi connectivity index (χ0n) is 13.6. The summed E-state index contributed by atoms with van der Waals surface area (Å²) in [6.07, 6.45) is 2.65. The first kappa shape index (κ1) is 16.2. The number of piperidine rings is 1. The van der Waals surface area contributed by atoms with Crippen molar-refractivity contribution in [3.05, 3.63) is 47.0 Å². The van der Waals surface area contributed by atoms with E-state index in [9.17, 15) is 14.0 Å². The summed E-state index contributed by atoms with van der Waals surface area (Å²) in [6, 6.07) is 4.00. The molecular formula is C17H19FN4O2. The Kier molecular flexibility index (Phi) is 4.33. The van der Waals surface area contributed by atoms with E-state index in [0.717, 1.165) is 5.56 Å². The molecule has 1 atom stereocenters. The summed E-state index contributed by atoms with van der Waals surface area (Å²) >= 11 is 0. The lowest BCUT2D eigenvalue weighted by Crippen LogP contribution is -2.52. The van der Waals surface area contributed by atoms with E-state index in [4.69, 9.17) is 0 Å². The van der Waals surface area contributed by atoms with E-state index in [1.807, 2.05) is 6.92 Å². The van der Waals surface area contributed by atoms with Gasteiger partial charge in [0.2, 0.25) is 5.91 Å². The number of amides is 2. The molecule has 0 radical (unpaired) electrons. The lowest BCUT2D eigenvalue weighted by Gasteiger charge is -2.33. The summed E-state index contributed by atoms with van der Waals surface area (Å²) in [5.74, 6) is -1.09. The molecule has 1 fully saturated rings. The fraction of sp³-hybridized carbons (Fsp3) is 0.353. The number of aromatic nitrogens is 2. The van der Waals surface area contributed by atoms with Crippen LogP contribution in [0.5, 0.6) is 0 Å². The number of rotatable bonds is 3. The van der Waals surface area contributed by atoms with Crippen LogP contribution in [0.4, 0.5) is 10.1 Å². The maximum atomic E-state index is 14.1. The Morgan fingerprint density at radius 1 is 1.42 bits per heavy atom. The van der Waals surface area contributed by atoms with Gasteiger partial charge in [0.15, 0.2) is 0 Å². The smallest absolute Gasteiger partial charge is 0.255 e. The van der Waals surface area contributed by atoms with Gasteiger partial charge in [-0.1, -0.05) is 6.07 Å². The number of nitrogens with one attached hydrogen (secondary N) is 2. The number of H-pyrrole nitrogens is 1. The normalized spacial score (nSPS) is 17.9. The van der Waals surface area contributed by atoms with Gasteiger partial charge in [-0.3, -0.25) is 14.7 Å². The van der Waals surface area contributed by atoms with Crippen molar-refractivity contribution in [2.45, 2.75) is 32.7 Å². The van der Waals surface area contributed by atoms with Crippen LogP contribution in [0.25, 0.3) is 0 Å². The third-order valence-electron chi connectivity index (χ3n) is 4.21. The molecule has 0 bridgehead atoms. The SMILES string of the molecule is Cc1ccc(F)c(N2CCC[C@H](NC(=O)c3cn[nH]c3C)C2=O)c1. The van der Waals surface area contributed by atoms with Crippen molar-refractivity contribution < 1.29 is 14.0 Å². The van der Waals surface area contributed by atoms with Crippen LogP contribution in [0, 0.1) is 19.7 Å². The molecule has 0 unspecified atom stereocenters. The second-order valence-corrected chi connectivity index (χ2v) is 6.02. The lowest BCUT2D eigenvalue weighted by molar-refractivity contribution is -0.121. The molecular weight excluding hydrogens is 311 g/mol. The average Bonchev–Trinajstić information content (AvgIpc) is 2.98. The molecule has 2 aromatic rings. The number of aromatic amines is 1. The first-order valence-corrected chi connectivity index (χ1v) is 7.85. The van der Waals surface area contributed by atoms with Crippen molar-refractivity contribution >= 4 is 17.5 Å². The molecule has 1 saturated heterocycles. The van der Waals surface area contributed by atoms with Gasteiger partial charge in [-0.25, -0.2) is 4.39 Å². The molecule has 0 spiro atoms. The number of aryl methyl sites for hydroxylation is 2. The topological polar surface area (TPSA) is 78.1 Å². The Bertz CT molecular complexity index is 787.